The van der Waals surface area contributed by atoms with Gasteiger partial charge in [0.05, 0.1) is 6.10 Å². The van der Waals surface area contributed by atoms with Crippen LogP contribution in [0.2, 0.25) is 0 Å². The largest absolute Gasteiger partial charge is 0.498 e. The topological polar surface area (TPSA) is 40.5 Å². The normalized spacial score (nSPS) is 17.1. The van der Waals surface area contributed by atoms with Gasteiger partial charge in [0.2, 0.25) is 0 Å². The molecule has 0 rings (SSSR count). The Hall–Kier alpha value is 1.45. The van der Waals surface area contributed by atoms with Gasteiger partial charge in [-0.3, -0.25) is 0 Å². The summed E-state index contributed by atoms with van der Waals surface area (Å²) in [5.74, 6) is 0.361. The van der Waals surface area contributed by atoms with E-state index in [4.69, 9.17) is 0 Å². The second-order valence-electron chi connectivity index (χ2n) is 4.40. The van der Waals surface area contributed by atoms with Crippen LogP contribution in [0.15, 0.2) is 5.57 Å². The van der Waals surface area contributed by atoms with Gasteiger partial charge in [-0.05, 0) is 18.3 Å². The predicted octanol–water partition coefficient (Wildman–Crippen LogP) is 2.15. The third kappa shape index (κ3) is 8.53. The second kappa shape index (κ2) is 11.5. The maximum Gasteiger partial charge on any atom is 0.0589 e. The molecular weight excluding hydrogens is 449 g/mol. The summed E-state index contributed by atoms with van der Waals surface area (Å²) < 4.78 is 0. The molecule has 0 aromatic carbocycles. The van der Waals surface area contributed by atoms with Crippen LogP contribution in [0.25, 0.3) is 0 Å². The molecule has 0 saturated carbocycles. The molecule has 0 aliphatic heterocycles. The molecule has 0 spiro atoms. The van der Waals surface area contributed by atoms with Crippen LogP contribution >= 0.6 is 0 Å². The average Bonchev–Trinajstić information content (AvgIpc) is 2.14. The van der Waals surface area contributed by atoms with Gasteiger partial charge in [0, 0.05) is 59.9 Å². The standard InChI is InChI=1S/C12H23O2.W.Y/c1-6-9(4)11(13)7-10(5)12(14)8(2)3;;/h8,10-14H,7H2,1-5H3;;/q-1;;/t10-,11?,12+;;/m1../s1. The molecule has 2 N–H and O–H groups in total. The number of allylic oxidation sites excluding steroid dienone is 1. The van der Waals surface area contributed by atoms with E-state index in [1.54, 1.807) is 6.92 Å². The minimum absolute atomic E-state index is 0. The first-order chi connectivity index (χ1) is 6.40. The Kier molecular flexibility index (Phi) is 16.3. The molecule has 0 aromatic rings. The SMILES string of the molecule is C[C-]=C(C)C(O)C[C@@H](C)[C@@H](O)C(C)C.[W].[Y]. The van der Waals surface area contributed by atoms with Crippen LogP contribution in [0.3, 0.4) is 0 Å². The summed E-state index contributed by atoms with van der Waals surface area (Å²) >= 11 is 0. The molecule has 2 nitrogen and oxygen atoms in total. The van der Waals surface area contributed by atoms with Crippen molar-refractivity contribution in [3.63, 3.8) is 0 Å². The summed E-state index contributed by atoms with van der Waals surface area (Å²) in [5.41, 5.74) is 0.854. The van der Waals surface area contributed by atoms with E-state index in [0.29, 0.717) is 6.42 Å². The summed E-state index contributed by atoms with van der Waals surface area (Å²) in [5, 5.41) is 19.5. The molecule has 0 fully saturated rings. The first kappa shape index (κ1) is 22.6. The third-order valence-corrected chi connectivity index (χ3v) is 2.76. The number of hydrogen-bond donors (Lipinski definition) is 2. The van der Waals surface area contributed by atoms with Gasteiger partial charge < -0.3 is 16.3 Å². The van der Waals surface area contributed by atoms with Crippen molar-refractivity contribution >= 4 is 0 Å². The zero-order chi connectivity index (χ0) is 11.3. The first-order valence-electron chi connectivity index (χ1n) is 5.27. The summed E-state index contributed by atoms with van der Waals surface area (Å²) in [4.78, 5) is 0. The molecule has 93 valence electrons. The van der Waals surface area contributed by atoms with Crippen molar-refractivity contribution in [1.29, 1.82) is 0 Å². The van der Waals surface area contributed by atoms with Crippen LogP contribution in [-0.2, 0) is 53.8 Å². The van der Waals surface area contributed by atoms with Gasteiger partial charge in [-0.15, -0.1) is 0 Å². The Morgan fingerprint density at radius 2 is 1.62 bits per heavy atom. The van der Waals surface area contributed by atoms with E-state index in [2.05, 4.69) is 6.08 Å². The summed E-state index contributed by atoms with van der Waals surface area (Å²) in [6, 6.07) is 0. The monoisotopic (exact) mass is 472 g/mol. The van der Waals surface area contributed by atoms with Crippen LogP contribution in [0.1, 0.15) is 41.0 Å². The molecule has 1 radical (unpaired) electrons. The Labute approximate surface area is 139 Å². The minimum Gasteiger partial charge on any atom is -0.498 e. The number of rotatable bonds is 5. The molecule has 0 aliphatic carbocycles. The molecule has 0 aromatic heterocycles. The Morgan fingerprint density at radius 3 is 1.94 bits per heavy atom. The van der Waals surface area contributed by atoms with E-state index < -0.39 is 6.10 Å². The minimum atomic E-state index is -0.469. The van der Waals surface area contributed by atoms with Crippen LogP contribution < -0.4 is 0 Å². The van der Waals surface area contributed by atoms with Crippen LogP contribution in [-0.4, -0.2) is 22.4 Å². The molecule has 1 unspecified atom stereocenters. The number of aliphatic hydroxyl groups excluding tert-OH is 2. The molecule has 0 heterocycles. The number of aliphatic hydroxyl groups is 2. The summed E-state index contributed by atoms with van der Waals surface area (Å²) in [6.07, 6.45) is 2.72. The van der Waals surface area contributed by atoms with Gasteiger partial charge >= 0.3 is 0 Å². The average molecular weight is 472 g/mol. The molecule has 4 heteroatoms. The molecule has 3 atom stereocenters. The number of hydrogen-bond acceptors (Lipinski definition) is 2. The zero-order valence-electron chi connectivity index (χ0n) is 10.9. The van der Waals surface area contributed by atoms with Gasteiger partial charge in [0.15, 0.2) is 0 Å². The van der Waals surface area contributed by atoms with Gasteiger partial charge in [-0.2, -0.15) is 6.92 Å². The maximum absolute atomic E-state index is 9.76. The van der Waals surface area contributed by atoms with Gasteiger partial charge in [0.1, 0.15) is 0 Å². The second-order valence-corrected chi connectivity index (χ2v) is 4.40. The van der Waals surface area contributed by atoms with E-state index in [9.17, 15) is 10.2 Å². The molecule has 16 heavy (non-hydrogen) atoms. The third-order valence-electron chi connectivity index (χ3n) is 2.76. The quantitative estimate of drug-likeness (QED) is 0.603. The Bertz CT molecular complexity index is 195. The predicted molar refractivity (Wildman–Crippen MR) is 58.7 cm³/mol. The smallest absolute Gasteiger partial charge is 0.0589 e. The maximum atomic E-state index is 9.76. The summed E-state index contributed by atoms with van der Waals surface area (Å²) in [6.45, 7) is 9.60. The first-order valence-corrected chi connectivity index (χ1v) is 5.27. The molecule has 0 bridgehead atoms. The molecule has 0 amide bonds. The van der Waals surface area contributed by atoms with E-state index >= 15 is 0 Å². The van der Waals surface area contributed by atoms with Gasteiger partial charge in [-0.1, -0.05) is 27.7 Å². The van der Waals surface area contributed by atoms with E-state index in [1.807, 2.05) is 27.7 Å². The van der Waals surface area contributed by atoms with Crippen LogP contribution in [0, 0.1) is 17.9 Å². The Morgan fingerprint density at radius 1 is 1.19 bits per heavy atom. The molecular formula is C12H23O2WY-. The summed E-state index contributed by atoms with van der Waals surface area (Å²) in [7, 11) is 0. The molecule has 0 saturated heterocycles. The van der Waals surface area contributed by atoms with Gasteiger partial charge in [0.25, 0.3) is 0 Å². The van der Waals surface area contributed by atoms with Crippen molar-refractivity contribution in [3.8, 4) is 0 Å². The van der Waals surface area contributed by atoms with Crippen LogP contribution in [0.4, 0.5) is 0 Å². The van der Waals surface area contributed by atoms with Crippen molar-refractivity contribution < 1.29 is 64.0 Å². The fraction of sp³-hybridized carbons (Fsp3) is 0.833. The van der Waals surface area contributed by atoms with Crippen molar-refractivity contribution in [2.45, 2.75) is 53.2 Å². The molecule has 0 aliphatic rings. The van der Waals surface area contributed by atoms with Gasteiger partial charge in [-0.25, -0.2) is 5.57 Å². The fourth-order valence-corrected chi connectivity index (χ4v) is 1.49. The Balaban J connectivity index is -0.000000845. The van der Waals surface area contributed by atoms with E-state index in [1.165, 1.54) is 0 Å². The van der Waals surface area contributed by atoms with Crippen LogP contribution in [0.5, 0.6) is 0 Å². The van der Waals surface area contributed by atoms with Crippen molar-refractivity contribution in [1.82, 2.24) is 0 Å². The van der Waals surface area contributed by atoms with Crippen molar-refractivity contribution in [2.75, 3.05) is 0 Å². The van der Waals surface area contributed by atoms with Crippen molar-refractivity contribution in [3.05, 3.63) is 11.6 Å². The zero-order valence-corrected chi connectivity index (χ0v) is 16.7. The van der Waals surface area contributed by atoms with Crippen molar-refractivity contribution in [2.24, 2.45) is 11.8 Å². The van der Waals surface area contributed by atoms with E-state index in [-0.39, 0.29) is 71.7 Å². The van der Waals surface area contributed by atoms with E-state index in [0.717, 1.165) is 5.57 Å². The fourth-order valence-electron chi connectivity index (χ4n) is 1.49.